The van der Waals surface area contributed by atoms with Gasteiger partial charge in [-0.05, 0) is 13.8 Å². The van der Waals surface area contributed by atoms with Crippen LogP contribution in [0.2, 0.25) is 0 Å². The number of H-pyrrole nitrogens is 1. The number of amides is 1. The molecule has 0 radical (unpaired) electrons. The molecule has 0 saturated carbocycles. The molecule has 13 heavy (non-hydrogen) atoms. The fraction of sp³-hybridized carbons (Fsp3) is 0.500. The summed E-state index contributed by atoms with van der Waals surface area (Å²) in [6.45, 7) is 3.89. The summed E-state index contributed by atoms with van der Waals surface area (Å²) in [7, 11) is 0. The van der Waals surface area contributed by atoms with Gasteiger partial charge < -0.3 is 5.32 Å². The van der Waals surface area contributed by atoms with E-state index < -0.39 is 0 Å². The highest BCUT2D eigenvalue weighted by Gasteiger charge is 2.19. The quantitative estimate of drug-likeness (QED) is 0.790. The van der Waals surface area contributed by atoms with Crippen molar-refractivity contribution in [2.45, 2.75) is 19.4 Å². The van der Waals surface area contributed by atoms with Crippen molar-refractivity contribution in [2.75, 3.05) is 5.33 Å². The Labute approximate surface area is 85.2 Å². The Bertz CT molecular complexity index is 282. The van der Waals surface area contributed by atoms with Crippen LogP contribution in [0.3, 0.4) is 0 Å². The Kier molecular flexibility index (Phi) is 3.08. The fourth-order valence-electron chi connectivity index (χ4n) is 0.788. The van der Waals surface area contributed by atoms with E-state index in [-0.39, 0.29) is 11.4 Å². The van der Waals surface area contributed by atoms with E-state index >= 15 is 0 Å². The van der Waals surface area contributed by atoms with Crippen molar-refractivity contribution < 1.29 is 4.79 Å². The second-order valence-electron chi connectivity index (χ2n) is 3.46. The van der Waals surface area contributed by atoms with Crippen molar-refractivity contribution in [3.8, 4) is 0 Å². The Hall–Kier alpha value is -0.840. The molecule has 0 spiro atoms. The Morgan fingerprint density at radius 2 is 2.46 bits per heavy atom. The minimum atomic E-state index is -0.242. The molecule has 0 atom stereocenters. The van der Waals surface area contributed by atoms with Gasteiger partial charge in [0, 0.05) is 17.1 Å². The van der Waals surface area contributed by atoms with E-state index in [0.717, 1.165) is 0 Å². The fourth-order valence-corrected chi connectivity index (χ4v) is 0.928. The first-order valence-electron chi connectivity index (χ1n) is 3.92. The van der Waals surface area contributed by atoms with Crippen molar-refractivity contribution in [2.24, 2.45) is 0 Å². The van der Waals surface area contributed by atoms with Crippen LogP contribution in [0.4, 0.5) is 0 Å². The van der Waals surface area contributed by atoms with Gasteiger partial charge in [0.2, 0.25) is 0 Å². The first kappa shape index (κ1) is 10.2. The van der Waals surface area contributed by atoms with E-state index in [1.54, 1.807) is 6.20 Å². The van der Waals surface area contributed by atoms with Crippen LogP contribution in [-0.4, -0.2) is 27.0 Å². The molecule has 0 aliphatic rings. The number of carbonyl (C=O) groups is 1. The summed E-state index contributed by atoms with van der Waals surface area (Å²) in [6.07, 6.45) is 3.07. The van der Waals surface area contributed by atoms with Gasteiger partial charge in [0.25, 0.3) is 5.91 Å². The van der Waals surface area contributed by atoms with Gasteiger partial charge in [0.1, 0.15) is 0 Å². The minimum absolute atomic E-state index is 0.113. The third kappa shape index (κ3) is 2.84. The molecule has 1 heterocycles. The van der Waals surface area contributed by atoms with E-state index in [1.165, 1.54) is 6.20 Å². The number of aromatic amines is 1. The molecule has 0 aliphatic heterocycles. The molecule has 1 amide bonds. The molecular formula is C8H12BrN3O. The zero-order valence-electron chi connectivity index (χ0n) is 7.60. The summed E-state index contributed by atoms with van der Waals surface area (Å²) in [6, 6.07) is 0. The van der Waals surface area contributed by atoms with Crippen molar-refractivity contribution in [3.63, 3.8) is 0 Å². The summed E-state index contributed by atoms with van der Waals surface area (Å²) in [5.41, 5.74) is 0.308. The third-order valence-corrected chi connectivity index (χ3v) is 2.95. The summed E-state index contributed by atoms with van der Waals surface area (Å²) in [4.78, 5) is 11.5. The molecule has 0 bridgehead atoms. The lowest BCUT2D eigenvalue weighted by molar-refractivity contribution is 0.0921. The number of alkyl halides is 1. The Balaban J connectivity index is 2.61. The van der Waals surface area contributed by atoms with Crippen molar-refractivity contribution >= 4 is 21.8 Å². The predicted octanol–water partition coefficient (Wildman–Crippen LogP) is 1.31. The van der Waals surface area contributed by atoms with E-state index in [1.807, 2.05) is 13.8 Å². The van der Waals surface area contributed by atoms with Crippen LogP contribution in [0.5, 0.6) is 0 Å². The number of nitrogens with one attached hydrogen (secondary N) is 2. The molecule has 1 aromatic heterocycles. The van der Waals surface area contributed by atoms with Gasteiger partial charge in [-0.3, -0.25) is 9.89 Å². The van der Waals surface area contributed by atoms with Gasteiger partial charge >= 0.3 is 0 Å². The van der Waals surface area contributed by atoms with E-state index in [0.29, 0.717) is 10.9 Å². The molecule has 1 aromatic rings. The van der Waals surface area contributed by atoms with Crippen LogP contribution in [0.1, 0.15) is 24.2 Å². The van der Waals surface area contributed by atoms with Gasteiger partial charge in [-0.1, -0.05) is 15.9 Å². The SMILES string of the molecule is CC(C)(CBr)NC(=O)c1cn[nH]c1. The number of carbonyl (C=O) groups excluding carboxylic acids is 1. The largest absolute Gasteiger partial charge is 0.346 e. The van der Waals surface area contributed by atoms with Gasteiger partial charge in [0.05, 0.1) is 11.8 Å². The standard InChI is InChI=1S/C8H12BrN3O/c1-8(2,5-9)12-7(13)6-3-10-11-4-6/h3-4H,5H2,1-2H3,(H,10,11)(H,12,13). The Morgan fingerprint density at radius 1 is 1.77 bits per heavy atom. The summed E-state index contributed by atoms with van der Waals surface area (Å²) in [5, 5.41) is 9.87. The number of hydrogen-bond donors (Lipinski definition) is 2. The molecule has 5 heteroatoms. The minimum Gasteiger partial charge on any atom is -0.346 e. The Morgan fingerprint density at radius 3 is 2.92 bits per heavy atom. The lowest BCUT2D eigenvalue weighted by Crippen LogP contribution is -2.44. The summed E-state index contributed by atoms with van der Waals surface area (Å²) < 4.78 is 0. The predicted molar refractivity (Wildman–Crippen MR) is 53.9 cm³/mol. The molecule has 4 nitrogen and oxygen atoms in total. The highest BCUT2D eigenvalue weighted by Crippen LogP contribution is 2.07. The third-order valence-electron chi connectivity index (χ3n) is 1.55. The number of aromatic nitrogens is 2. The van der Waals surface area contributed by atoms with E-state index in [4.69, 9.17) is 0 Å². The average Bonchev–Trinajstić information content (AvgIpc) is 2.55. The molecule has 0 unspecified atom stereocenters. The first-order valence-corrected chi connectivity index (χ1v) is 5.04. The summed E-state index contributed by atoms with van der Waals surface area (Å²) in [5.74, 6) is -0.113. The van der Waals surface area contributed by atoms with Gasteiger partial charge in [-0.15, -0.1) is 0 Å². The molecule has 1 rings (SSSR count). The first-order chi connectivity index (χ1) is 6.05. The van der Waals surface area contributed by atoms with Crippen molar-refractivity contribution in [1.82, 2.24) is 15.5 Å². The lowest BCUT2D eigenvalue weighted by atomic mass is 10.1. The van der Waals surface area contributed by atoms with Crippen LogP contribution >= 0.6 is 15.9 Å². The maximum atomic E-state index is 11.5. The molecule has 0 aromatic carbocycles. The van der Waals surface area contributed by atoms with Gasteiger partial charge in [0.15, 0.2) is 0 Å². The van der Waals surface area contributed by atoms with Crippen LogP contribution < -0.4 is 5.32 Å². The molecule has 0 aliphatic carbocycles. The number of nitrogens with zero attached hydrogens (tertiary/aromatic N) is 1. The van der Waals surface area contributed by atoms with Crippen LogP contribution in [0.25, 0.3) is 0 Å². The monoisotopic (exact) mass is 245 g/mol. The van der Waals surface area contributed by atoms with E-state index in [9.17, 15) is 4.79 Å². The normalized spacial score (nSPS) is 11.3. The lowest BCUT2D eigenvalue weighted by Gasteiger charge is -2.22. The second kappa shape index (κ2) is 3.91. The van der Waals surface area contributed by atoms with Crippen molar-refractivity contribution in [1.29, 1.82) is 0 Å². The maximum Gasteiger partial charge on any atom is 0.254 e. The number of halogens is 1. The number of hydrogen-bond acceptors (Lipinski definition) is 2. The van der Waals surface area contributed by atoms with Gasteiger partial charge in [-0.25, -0.2) is 0 Å². The molecule has 0 fully saturated rings. The van der Waals surface area contributed by atoms with Crippen LogP contribution in [0.15, 0.2) is 12.4 Å². The molecule has 2 N–H and O–H groups in total. The van der Waals surface area contributed by atoms with E-state index in [2.05, 4.69) is 31.4 Å². The summed E-state index contributed by atoms with van der Waals surface area (Å²) >= 11 is 3.32. The molecular weight excluding hydrogens is 234 g/mol. The maximum absolute atomic E-state index is 11.5. The van der Waals surface area contributed by atoms with Crippen molar-refractivity contribution in [3.05, 3.63) is 18.0 Å². The molecule has 72 valence electrons. The number of rotatable bonds is 3. The smallest absolute Gasteiger partial charge is 0.254 e. The zero-order chi connectivity index (χ0) is 9.90. The second-order valence-corrected chi connectivity index (χ2v) is 4.02. The van der Waals surface area contributed by atoms with Gasteiger partial charge in [-0.2, -0.15) is 5.10 Å². The van der Waals surface area contributed by atoms with Crippen LogP contribution in [0, 0.1) is 0 Å². The average molecular weight is 246 g/mol. The highest BCUT2D eigenvalue weighted by atomic mass is 79.9. The zero-order valence-corrected chi connectivity index (χ0v) is 9.18. The highest BCUT2D eigenvalue weighted by molar-refractivity contribution is 9.09. The van der Waals surface area contributed by atoms with Crippen LogP contribution in [-0.2, 0) is 0 Å². The topological polar surface area (TPSA) is 57.8 Å². The molecule has 0 saturated heterocycles.